The second kappa shape index (κ2) is 7.74. The Balaban J connectivity index is 2.11. The molecule has 1 saturated heterocycles. The van der Waals surface area contributed by atoms with Gasteiger partial charge >= 0.3 is 0 Å². The molecule has 1 fully saturated rings. The van der Waals surface area contributed by atoms with Gasteiger partial charge in [0.1, 0.15) is 0 Å². The molecule has 140 valence electrons. The number of benzene rings is 1. The summed E-state index contributed by atoms with van der Waals surface area (Å²) in [5.74, 6) is 0.502. The van der Waals surface area contributed by atoms with E-state index in [9.17, 15) is 13.2 Å². The average molecular weight is 368 g/mol. The molecule has 7 heteroatoms. The number of aryl methyl sites for hydroxylation is 1. The van der Waals surface area contributed by atoms with Crippen LogP contribution < -0.4 is 10.0 Å². The Bertz CT molecular complexity index is 731. The normalized spacial score (nSPS) is 17.8. The van der Waals surface area contributed by atoms with Crippen LogP contribution in [0.4, 0.5) is 5.69 Å². The molecule has 1 aliphatic rings. The standard InChI is InChI=1S/C18H29N3O3S/c1-13(2)17(19)8-10-20(4)18(22)16-7-6-15(12-14(16)3)21-9-5-11-25(21,23)24/h6-7,12-13,17H,5,8-11,19H2,1-4H3. The Morgan fingerprint density at radius 2 is 2.04 bits per heavy atom. The second-order valence-corrected chi connectivity index (χ2v) is 9.18. The Hall–Kier alpha value is -1.60. The van der Waals surface area contributed by atoms with E-state index in [4.69, 9.17) is 5.73 Å². The number of carbonyl (C=O) groups excluding carboxylic acids is 1. The van der Waals surface area contributed by atoms with Gasteiger partial charge in [0.25, 0.3) is 5.91 Å². The van der Waals surface area contributed by atoms with Crippen LogP contribution in [0.15, 0.2) is 18.2 Å². The highest BCUT2D eigenvalue weighted by molar-refractivity contribution is 7.93. The van der Waals surface area contributed by atoms with Gasteiger partial charge < -0.3 is 10.6 Å². The van der Waals surface area contributed by atoms with E-state index in [1.54, 1.807) is 30.1 Å². The predicted molar refractivity (Wildman–Crippen MR) is 101 cm³/mol. The van der Waals surface area contributed by atoms with Crippen molar-refractivity contribution in [3.05, 3.63) is 29.3 Å². The van der Waals surface area contributed by atoms with E-state index >= 15 is 0 Å². The van der Waals surface area contributed by atoms with Crippen LogP contribution >= 0.6 is 0 Å². The second-order valence-electron chi connectivity index (χ2n) is 7.16. The number of carbonyl (C=O) groups is 1. The number of sulfonamides is 1. The van der Waals surface area contributed by atoms with E-state index < -0.39 is 10.0 Å². The molecule has 0 bridgehead atoms. The molecule has 2 rings (SSSR count). The van der Waals surface area contributed by atoms with E-state index in [-0.39, 0.29) is 17.7 Å². The van der Waals surface area contributed by atoms with Gasteiger partial charge in [-0.15, -0.1) is 0 Å². The van der Waals surface area contributed by atoms with Crippen LogP contribution in [0.2, 0.25) is 0 Å². The fraction of sp³-hybridized carbons (Fsp3) is 0.611. The van der Waals surface area contributed by atoms with E-state index in [1.165, 1.54) is 4.31 Å². The molecule has 1 aliphatic heterocycles. The maximum Gasteiger partial charge on any atom is 0.253 e. The molecule has 25 heavy (non-hydrogen) atoms. The van der Waals surface area contributed by atoms with Crippen LogP contribution in [-0.4, -0.2) is 51.2 Å². The van der Waals surface area contributed by atoms with Crippen molar-refractivity contribution in [2.75, 3.05) is 30.2 Å². The molecule has 0 spiro atoms. The minimum Gasteiger partial charge on any atom is -0.342 e. The van der Waals surface area contributed by atoms with Crippen molar-refractivity contribution in [1.29, 1.82) is 0 Å². The lowest BCUT2D eigenvalue weighted by molar-refractivity contribution is 0.0788. The minimum absolute atomic E-state index is 0.0655. The molecule has 1 aromatic rings. The summed E-state index contributed by atoms with van der Waals surface area (Å²) in [5.41, 5.74) is 8.06. The highest BCUT2D eigenvalue weighted by Crippen LogP contribution is 2.26. The molecule has 6 nitrogen and oxygen atoms in total. The van der Waals surface area contributed by atoms with Gasteiger partial charge in [-0.1, -0.05) is 13.8 Å². The van der Waals surface area contributed by atoms with Crippen LogP contribution in [0.3, 0.4) is 0 Å². The zero-order valence-electron chi connectivity index (χ0n) is 15.5. The molecular weight excluding hydrogens is 338 g/mol. The number of amides is 1. The van der Waals surface area contributed by atoms with E-state index in [0.717, 1.165) is 12.0 Å². The zero-order chi connectivity index (χ0) is 18.8. The molecule has 0 aliphatic carbocycles. The third kappa shape index (κ3) is 4.52. The third-order valence-electron chi connectivity index (χ3n) is 4.83. The van der Waals surface area contributed by atoms with Crippen LogP contribution in [0.25, 0.3) is 0 Å². The first-order chi connectivity index (χ1) is 11.6. The largest absolute Gasteiger partial charge is 0.342 e. The molecule has 1 aromatic carbocycles. The highest BCUT2D eigenvalue weighted by atomic mass is 32.2. The smallest absolute Gasteiger partial charge is 0.253 e. The third-order valence-corrected chi connectivity index (χ3v) is 6.70. The Morgan fingerprint density at radius 1 is 1.36 bits per heavy atom. The van der Waals surface area contributed by atoms with Crippen molar-refractivity contribution >= 4 is 21.6 Å². The van der Waals surface area contributed by atoms with Crippen molar-refractivity contribution in [2.45, 2.75) is 39.7 Å². The topological polar surface area (TPSA) is 83.7 Å². The van der Waals surface area contributed by atoms with Crippen LogP contribution in [0.5, 0.6) is 0 Å². The summed E-state index contributed by atoms with van der Waals surface area (Å²) in [6.07, 6.45) is 1.39. The molecule has 1 unspecified atom stereocenters. The number of hydrogen-bond acceptors (Lipinski definition) is 4. The summed E-state index contributed by atoms with van der Waals surface area (Å²) < 4.78 is 25.5. The van der Waals surface area contributed by atoms with E-state index in [1.807, 2.05) is 6.92 Å². The average Bonchev–Trinajstić information content (AvgIpc) is 2.90. The van der Waals surface area contributed by atoms with Gasteiger partial charge in [0.15, 0.2) is 0 Å². The lowest BCUT2D eigenvalue weighted by Crippen LogP contribution is -2.35. The van der Waals surface area contributed by atoms with Crippen LogP contribution in [-0.2, 0) is 10.0 Å². The number of hydrogen-bond donors (Lipinski definition) is 1. The summed E-state index contributed by atoms with van der Waals surface area (Å²) >= 11 is 0. The maximum absolute atomic E-state index is 12.7. The molecule has 0 radical (unpaired) electrons. The van der Waals surface area contributed by atoms with Gasteiger partial charge in [-0.3, -0.25) is 9.10 Å². The minimum atomic E-state index is -3.21. The Morgan fingerprint density at radius 3 is 2.56 bits per heavy atom. The molecule has 1 atom stereocenters. The van der Waals surface area contributed by atoms with E-state index in [0.29, 0.717) is 36.7 Å². The molecule has 2 N–H and O–H groups in total. The fourth-order valence-corrected chi connectivity index (χ4v) is 4.51. The van der Waals surface area contributed by atoms with Gasteiger partial charge in [0.2, 0.25) is 10.0 Å². The first-order valence-corrected chi connectivity index (χ1v) is 10.4. The van der Waals surface area contributed by atoms with Crippen LogP contribution in [0.1, 0.15) is 42.6 Å². The summed E-state index contributed by atoms with van der Waals surface area (Å²) in [6.45, 7) is 7.08. The Labute approximate surface area is 151 Å². The first kappa shape index (κ1) is 19.7. The zero-order valence-corrected chi connectivity index (χ0v) is 16.3. The van der Waals surface area contributed by atoms with E-state index in [2.05, 4.69) is 13.8 Å². The SMILES string of the molecule is Cc1cc(N2CCCS2(=O)=O)ccc1C(=O)N(C)CCC(N)C(C)C. The number of anilines is 1. The van der Waals surface area contributed by atoms with Gasteiger partial charge in [-0.25, -0.2) is 8.42 Å². The lowest BCUT2D eigenvalue weighted by Gasteiger charge is -2.23. The highest BCUT2D eigenvalue weighted by Gasteiger charge is 2.29. The summed E-state index contributed by atoms with van der Waals surface area (Å²) in [5, 5.41) is 0. The van der Waals surface area contributed by atoms with Gasteiger partial charge in [-0.2, -0.15) is 0 Å². The number of nitrogens with zero attached hydrogens (tertiary/aromatic N) is 2. The summed E-state index contributed by atoms with van der Waals surface area (Å²) in [7, 11) is -1.44. The van der Waals surface area contributed by atoms with Crippen molar-refractivity contribution in [3.63, 3.8) is 0 Å². The van der Waals surface area contributed by atoms with Crippen LogP contribution in [0, 0.1) is 12.8 Å². The quantitative estimate of drug-likeness (QED) is 0.833. The molecule has 0 saturated carbocycles. The van der Waals surface area contributed by atoms with Crippen molar-refractivity contribution in [3.8, 4) is 0 Å². The lowest BCUT2D eigenvalue weighted by atomic mass is 10.0. The van der Waals surface area contributed by atoms with Gasteiger partial charge in [0.05, 0.1) is 11.4 Å². The number of nitrogens with two attached hydrogens (primary N) is 1. The molecule has 0 aromatic heterocycles. The van der Waals surface area contributed by atoms with Gasteiger partial charge in [0, 0.05) is 31.7 Å². The van der Waals surface area contributed by atoms with Crippen molar-refractivity contribution in [2.24, 2.45) is 11.7 Å². The number of rotatable bonds is 6. The molecule has 1 heterocycles. The monoisotopic (exact) mass is 367 g/mol. The summed E-state index contributed by atoms with van der Waals surface area (Å²) in [6, 6.07) is 5.29. The predicted octanol–water partition coefficient (Wildman–Crippen LogP) is 1.98. The molecule has 1 amide bonds. The van der Waals surface area contributed by atoms with Crippen molar-refractivity contribution in [1.82, 2.24) is 4.90 Å². The Kier molecular flexibility index (Phi) is 6.11. The first-order valence-electron chi connectivity index (χ1n) is 8.75. The fourth-order valence-electron chi connectivity index (χ4n) is 2.96. The summed E-state index contributed by atoms with van der Waals surface area (Å²) in [4.78, 5) is 14.3. The van der Waals surface area contributed by atoms with Crippen molar-refractivity contribution < 1.29 is 13.2 Å². The van der Waals surface area contributed by atoms with Gasteiger partial charge in [-0.05, 0) is 49.4 Å². The maximum atomic E-state index is 12.7. The molecular formula is C18H29N3O3S.